The maximum atomic E-state index is 12.5. The molecule has 0 aliphatic carbocycles. The number of nitrogens with zero attached hydrogens (tertiary/aromatic N) is 3. The van der Waals surface area contributed by atoms with Gasteiger partial charge in [-0.1, -0.05) is 65.4 Å². The van der Waals surface area contributed by atoms with E-state index in [9.17, 15) is 4.79 Å². The molecule has 0 spiro atoms. The number of fused-ring (bicyclic) bond motifs is 1. The molecule has 0 saturated heterocycles. The molecule has 0 saturated carbocycles. The van der Waals surface area contributed by atoms with E-state index in [-0.39, 0.29) is 5.56 Å². The third-order valence-electron chi connectivity index (χ3n) is 3.60. The summed E-state index contributed by atoms with van der Waals surface area (Å²) in [5.41, 5.74) is 1.90. The van der Waals surface area contributed by atoms with Crippen molar-refractivity contribution >= 4 is 34.0 Å². The van der Waals surface area contributed by atoms with Gasteiger partial charge in [-0.3, -0.25) is 4.79 Å². The van der Waals surface area contributed by atoms with E-state index in [1.807, 2.05) is 48.5 Å². The fourth-order valence-corrected chi connectivity index (χ4v) is 3.49. The van der Waals surface area contributed by atoms with E-state index in [2.05, 4.69) is 10.1 Å². The van der Waals surface area contributed by atoms with Gasteiger partial charge in [0.2, 0.25) is 4.96 Å². The molecule has 0 unspecified atom stereocenters. The van der Waals surface area contributed by atoms with Crippen LogP contribution in [0.15, 0.2) is 59.4 Å². The number of halogens is 1. The summed E-state index contributed by atoms with van der Waals surface area (Å²) in [5.74, 6) is 0.655. The second-order valence-electron chi connectivity index (χ2n) is 5.35. The van der Waals surface area contributed by atoms with Crippen LogP contribution in [0.2, 0.25) is 5.02 Å². The zero-order valence-electron chi connectivity index (χ0n) is 12.5. The summed E-state index contributed by atoms with van der Waals surface area (Å²) in [5, 5.41) is 5.02. The van der Waals surface area contributed by atoms with Crippen LogP contribution in [0.3, 0.4) is 0 Å². The summed E-state index contributed by atoms with van der Waals surface area (Å²) in [6, 6.07) is 17.3. The Morgan fingerprint density at radius 2 is 1.83 bits per heavy atom. The standard InChI is InChI=1S/C18H12ClN3OS/c19-14-8-6-13(7-9-14)10-15-17(23)22-18(24-15)20-16(21-22)11-12-4-2-1-3-5-12/h1-10H,11H2/b15-10+. The Hall–Kier alpha value is -2.50. The van der Waals surface area contributed by atoms with Crippen LogP contribution in [0.1, 0.15) is 17.0 Å². The molecule has 0 atom stereocenters. The van der Waals surface area contributed by atoms with Gasteiger partial charge in [0, 0.05) is 11.4 Å². The first-order chi connectivity index (χ1) is 11.7. The molecule has 2 heterocycles. The lowest BCUT2D eigenvalue weighted by Gasteiger charge is -1.94. The highest BCUT2D eigenvalue weighted by Crippen LogP contribution is 2.11. The summed E-state index contributed by atoms with van der Waals surface area (Å²) in [7, 11) is 0. The first-order valence-electron chi connectivity index (χ1n) is 7.39. The smallest absolute Gasteiger partial charge is 0.266 e. The van der Waals surface area contributed by atoms with Crippen LogP contribution in [0.4, 0.5) is 0 Å². The van der Waals surface area contributed by atoms with Crippen LogP contribution in [-0.4, -0.2) is 14.6 Å². The zero-order valence-corrected chi connectivity index (χ0v) is 14.1. The Bertz CT molecular complexity index is 1100. The second kappa shape index (κ2) is 6.19. The number of hydrogen-bond donors (Lipinski definition) is 0. The number of hydrogen-bond acceptors (Lipinski definition) is 4. The minimum atomic E-state index is -0.142. The topological polar surface area (TPSA) is 47.3 Å². The van der Waals surface area contributed by atoms with Crippen LogP contribution in [0, 0.1) is 0 Å². The van der Waals surface area contributed by atoms with Crippen LogP contribution in [0.25, 0.3) is 11.0 Å². The molecule has 0 fully saturated rings. The number of benzene rings is 2. The third-order valence-corrected chi connectivity index (χ3v) is 4.81. The Morgan fingerprint density at radius 3 is 2.54 bits per heavy atom. The molecule has 4 aromatic rings. The fraction of sp³-hybridized carbons (Fsp3) is 0.0556. The summed E-state index contributed by atoms with van der Waals surface area (Å²) in [4.78, 5) is 17.6. The Kier molecular flexibility index (Phi) is 3.88. The summed E-state index contributed by atoms with van der Waals surface area (Å²) < 4.78 is 1.99. The molecule has 0 radical (unpaired) electrons. The molecular weight excluding hydrogens is 342 g/mol. The molecule has 0 N–H and O–H groups in total. The maximum absolute atomic E-state index is 12.5. The van der Waals surface area contributed by atoms with Gasteiger partial charge in [-0.25, -0.2) is 4.98 Å². The molecule has 4 rings (SSSR count). The van der Waals surface area contributed by atoms with Crippen molar-refractivity contribution in [1.29, 1.82) is 0 Å². The lowest BCUT2D eigenvalue weighted by Crippen LogP contribution is -2.23. The van der Waals surface area contributed by atoms with Gasteiger partial charge in [-0.2, -0.15) is 4.52 Å². The van der Waals surface area contributed by atoms with Crippen molar-refractivity contribution in [2.75, 3.05) is 0 Å². The van der Waals surface area contributed by atoms with Gasteiger partial charge in [0.05, 0.1) is 4.53 Å². The van der Waals surface area contributed by atoms with E-state index in [4.69, 9.17) is 11.6 Å². The molecule has 0 aliphatic heterocycles. The van der Waals surface area contributed by atoms with Crippen molar-refractivity contribution in [1.82, 2.24) is 14.6 Å². The first kappa shape index (κ1) is 15.1. The minimum absolute atomic E-state index is 0.142. The van der Waals surface area contributed by atoms with Crippen molar-refractivity contribution in [3.8, 4) is 0 Å². The largest absolute Gasteiger partial charge is 0.291 e. The van der Waals surface area contributed by atoms with E-state index in [0.29, 0.717) is 26.8 Å². The van der Waals surface area contributed by atoms with Crippen LogP contribution in [0.5, 0.6) is 0 Å². The van der Waals surface area contributed by atoms with Gasteiger partial charge in [0.15, 0.2) is 5.82 Å². The molecule has 0 amide bonds. The molecule has 118 valence electrons. The Balaban J connectivity index is 1.71. The monoisotopic (exact) mass is 353 g/mol. The van der Waals surface area contributed by atoms with E-state index < -0.39 is 0 Å². The van der Waals surface area contributed by atoms with E-state index in [0.717, 1.165) is 11.1 Å². The van der Waals surface area contributed by atoms with Crippen molar-refractivity contribution in [3.05, 3.63) is 91.5 Å². The van der Waals surface area contributed by atoms with Crippen LogP contribution in [-0.2, 0) is 6.42 Å². The van der Waals surface area contributed by atoms with E-state index in [1.54, 1.807) is 12.1 Å². The van der Waals surface area contributed by atoms with Crippen LogP contribution >= 0.6 is 22.9 Å². The van der Waals surface area contributed by atoms with E-state index in [1.165, 1.54) is 15.9 Å². The molecule has 0 bridgehead atoms. The lowest BCUT2D eigenvalue weighted by atomic mass is 10.1. The molecule has 2 aromatic heterocycles. The number of thiazole rings is 1. The summed E-state index contributed by atoms with van der Waals surface area (Å²) in [6.07, 6.45) is 2.45. The second-order valence-corrected chi connectivity index (χ2v) is 6.80. The molecule has 24 heavy (non-hydrogen) atoms. The van der Waals surface area contributed by atoms with E-state index >= 15 is 0 Å². The van der Waals surface area contributed by atoms with Gasteiger partial charge < -0.3 is 0 Å². The maximum Gasteiger partial charge on any atom is 0.291 e. The van der Waals surface area contributed by atoms with Gasteiger partial charge in [0.25, 0.3) is 5.56 Å². The van der Waals surface area contributed by atoms with Crippen molar-refractivity contribution in [3.63, 3.8) is 0 Å². The lowest BCUT2D eigenvalue weighted by molar-refractivity contribution is 0.879. The Morgan fingerprint density at radius 1 is 1.08 bits per heavy atom. The average Bonchev–Trinajstić information content (AvgIpc) is 3.10. The highest BCUT2D eigenvalue weighted by molar-refractivity contribution is 7.15. The van der Waals surface area contributed by atoms with Gasteiger partial charge >= 0.3 is 0 Å². The third kappa shape index (κ3) is 2.96. The number of aromatic nitrogens is 3. The predicted octanol–water partition coefficient (Wildman–Crippen LogP) is 2.94. The number of rotatable bonds is 3. The van der Waals surface area contributed by atoms with Crippen molar-refractivity contribution < 1.29 is 0 Å². The van der Waals surface area contributed by atoms with Gasteiger partial charge in [-0.05, 0) is 29.3 Å². The Labute approximate surface area is 146 Å². The SMILES string of the molecule is O=c1/c(=C\c2ccc(Cl)cc2)sc2nc(Cc3ccccc3)nn12. The zero-order chi connectivity index (χ0) is 16.5. The van der Waals surface area contributed by atoms with Crippen LogP contribution < -0.4 is 10.1 Å². The fourth-order valence-electron chi connectivity index (χ4n) is 2.44. The molecule has 4 nitrogen and oxygen atoms in total. The summed E-state index contributed by atoms with van der Waals surface area (Å²) in [6.45, 7) is 0. The first-order valence-corrected chi connectivity index (χ1v) is 8.58. The average molecular weight is 354 g/mol. The van der Waals surface area contributed by atoms with Gasteiger partial charge in [0.1, 0.15) is 0 Å². The molecule has 2 aromatic carbocycles. The predicted molar refractivity (Wildman–Crippen MR) is 96.6 cm³/mol. The van der Waals surface area contributed by atoms with Crippen molar-refractivity contribution in [2.45, 2.75) is 6.42 Å². The highest BCUT2D eigenvalue weighted by atomic mass is 35.5. The normalized spacial score (nSPS) is 12.1. The molecule has 6 heteroatoms. The summed E-state index contributed by atoms with van der Waals surface area (Å²) >= 11 is 7.22. The highest BCUT2D eigenvalue weighted by Gasteiger charge is 2.10. The van der Waals surface area contributed by atoms with Gasteiger partial charge in [-0.15, -0.1) is 5.10 Å². The molecular formula is C18H12ClN3OS. The minimum Gasteiger partial charge on any atom is -0.266 e. The van der Waals surface area contributed by atoms with Crippen molar-refractivity contribution in [2.24, 2.45) is 0 Å². The quantitative estimate of drug-likeness (QED) is 0.569. The molecule has 0 aliphatic rings.